The number of aliphatic carboxylic acids is 1. The molecule has 0 aromatic carbocycles. The van der Waals surface area contributed by atoms with E-state index in [1.807, 2.05) is 4.90 Å². The van der Waals surface area contributed by atoms with E-state index in [0.29, 0.717) is 6.54 Å². The van der Waals surface area contributed by atoms with E-state index < -0.39 is 5.97 Å². The maximum absolute atomic E-state index is 12.5. The summed E-state index contributed by atoms with van der Waals surface area (Å²) in [5, 5.41) is 8.81. The third-order valence-corrected chi connectivity index (χ3v) is 4.52. The quantitative estimate of drug-likeness (QED) is 0.855. The van der Waals surface area contributed by atoms with Crippen LogP contribution in [0.4, 0.5) is 0 Å². The monoisotopic (exact) mass is 267 g/mol. The number of rotatable bonds is 3. The number of hydrogen-bond donors (Lipinski definition) is 1. The predicted octanol–water partition coefficient (Wildman–Crippen LogP) is 2.67. The molecule has 0 bridgehead atoms. The van der Waals surface area contributed by atoms with Crippen molar-refractivity contribution in [2.24, 2.45) is 11.8 Å². The van der Waals surface area contributed by atoms with Crippen LogP contribution in [0.2, 0.25) is 0 Å². The van der Waals surface area contributed by atoms with Crippen molar-refractivity contribution in [1.29, 1.82) is 0 Å². The van der Waals surface area contributed by atoms with Gasteiger partial charge >= 0.3 is 5.97 Å². The molecule has 1 amide bonds. The van der Waals surface area contributed by atoms with E-state index in [9.17, 15) is 9.59 Å². The van der Waals surface area contributed by atoms with Crippen LogP contribution >= 0.6 is 0 Å². The van der Waals surface area contributed by atoms with E-state index in [4.69, 9.17) is 5.11 Å². The van der Waals surface area contributed by atoms with Gasteiger partial charge in [-0.1, -0.05) is 32.1 Å². The SMILES string of the molecule is O=C(O)CC1CCN(C(=O)C2CCCCCCC2)C1. The molecule has 4 nitrogen and oxygen atoms in total. The number of amides is 1. The first-order chi connectivity index (χ1) is 9.16. The molecule has 4 heteroatoms. The minimum atomic E-state index is -0.745. The van der Waals surface area contributed by atoms with Crippen molar-refractivity contribution < 1.29 is 14.7 Å². The van der Waals surface area contributed by atoms with Gasteiger partial charge in [-0.15, -0.1) is 0 Å². The largest absolute Gasteiger partial charge is 0.481 e. The van der Waals surface area contributed by atoms with Crippen LogP contribution in [0.25, 0.3) is 0 Å². The van der Waals surface area contributed by atoms with Gasteiger partial charge in [-0.25, -0.2) is 0 Å². The number of carboxylic acid groups (broad SMARTS) is 1. The second-order valence-electron chi connectivity index (χ2n) is 6.08. The Morgan fingerprint density at radius 3 is 2.26 bits per heavy atom. The van der Waals surface area contributed by atoms with Crippen molar-refractivity contribution in [1.82, 2.24) is 4.90 Å². The number of carboxylic acids is 1. The Morgan fingerprint density at radius 1 is 1.00 bits per heavy atom. The van der Waals surface area contributed by atoms with Gasteiger partial charge in [-0.2, -0.15) is 0 Å². The van der Waals surface area contributed by atoms with Gasteiger partial charge in [0.1, 0.15) is 0 Å². The smallest absolute Gasteiger partial charge is 0.303 e. The molecule has 2 fully saturated rings. The molecule has 1 aliphatic heterocycles. The zero-order valence-corrected chi connectivity index (χ0v) is 11.6. The molecular weight excluding hydrogens is 242 g/mol. The first-order valence-corrected chi connectivity index (χ1v) is 7.67. The summed E-state index contributed by atoms with van der Waals surface area (Å²) in [5.41, 5.74) is 0. The molecular formula is C15H25NO3. The summed E-state index contributed by atoms with van der Waals surface area (Å²) < 4.78 is 0. The van der Waals surface area contributed by atoms with Crippen molar-refractivity contribution in [2.45, 2.75) is 57.8 Å². The third-order valence-electron chi connectivity index (χ3n) is 4.52. The second kappa shape index (κ2) is 6.92. The highest BCUT2D eigenvalue weighted by Gasteiger charge is 2.31. The zero-order chi connectivity index (χ0) is 13.7. The van der Waals surface area contributed by atoms with Crippen molar-refractivity contribution in [3.63, 3.8) is 0 Å². The highest BCUT2D eigenvalue weighted by molar-refractivity contribution is 5.79. The van der Waals surface area contributed by atoms with E-state index in [0.717, 1.165) is 25.8 Å². The molecule has 1 saturated carbocycles. The lowest BCUT2D eigenvalue weighted by molar-refractivity contribution is -0.139. The van der Waals surface area contributed by atoms with Crippen LogP contribution in [-0.2, 0) is 9.59 Å². The van der Waals surface area contributed by atoms with Gasteiger partial charge in [0, 0.05) is 25.4 Å². The maximum Gasteiger partial charge on any atom is 0.303 e. The fourth-order valence-electron chi connectivity index (χ4n) is 3.41. The fourth-order valence-corrected chi connectivity index (χ4v) is 3.41. The topological polar surface area (TPSA) is 57.6 Å². The maximum atomic E-state index is 12.5. The normalized spacial score (nSPS) is 25.9. The van der Waals surface area contributed by atoms with E-state index in [2.05, 4.69) is 0 Å². The molecule has 1 aliphatic carbocycles. The average molecular weight is 267 g/mol. The average Bonchev–Trinajstić information content (AvgIpc) is 2.75. The molecule has 0 radical (unpaired) electrons. The van der Waals surface area contributed by atoms with E-state index in [1.54, 1.807) is 0 Å². The minimum absolute atomic E-state index is 0.162. The highest BCUT2D eigenvalue weighted by Crippen LogP contribution is 2.27. The van der Waals surface area contributed by atoms with Gasteiger partial charge in [0.25, 0.3) is 0 Å². The Morgan fingerprint density at radius 2 is 1.63 bits per heavy atom. The van der Waals surface area contributed by atoms with Gasteiger partial charge in [0.15, 0.2) is 0 Å². The molecule has 1 atom stereocenters. The van der Waals surface area contributed by atoms with Crippen LogP contribution in [-0.4, -0.2) is 35.0 Å². The summed E-state index contributed by atoms with van der Waals surface area (Å²) in [6, 6.07) is 0. The van der Waals surface area contributed by atoms with E-state index in [1.165, 1.54) is 32.1 Å². The minimum Gasteiger partial charge on any atom is -0.481 e. The van der Waals surface area contributed by atoms with Crippen LogP contribution < -0.4 is 0 Å². The van der Waals surface area contributed by atoms with Crippen LogP contribution in [0.3, 0.4) is 0 Å². The number of likely N-dealkylation sites (tertiary alicyclic amines) is 1. The molecule has 0 aromatic heterocycles. The molecule has 2 rings (SSSR count). The van der Waals surface area contributed by atoms with Gasteiger partial charge in [-0.05, 0) is 25.2 Å². The lowest BCUT2D eigenvalue weighted by atomic mass is 9.90. The van der Waals surface area contributed by atoms with Gasteiger partial charge in [0.05, 0.1) is 0 Å². The van der Waals surface area contributed by atoms with E-state index in [-0.39, 0.29) is 24.2 Å². The Labute approximate surface area is 115 Å². The van der Waals surface area contributed by atoms with Gasteiger partial charge in [-0.3, -0.25) is 9.59 Å². The molecule has 19 heavy (non-hydrogen) atoms. The van der Waals surface area contributed by atoms with E-state index >= 15 is 0 Å². The van der Waals surface area contributed by atoms with Crippen molar-refractivity contribution in [3.8, 4) is 0 Å². The summed E-state index contributed by atoms with van der Waals surface area (Å²) in [6.07, 6.45) is 9.27. The summed E-state index contributed by atoms with van der Waals surface area (Å²) in [6.45, 7) is 1.41. The van der Waals surface area contributed by atoms with Gasteiger partial charge in [0.2, 0.25) is 5.91 Å². The van der Waals surface area contributed by atoms with Crippen molar-refractivity contribution in [3.05, 3.63) is 0 Å². The molecule has 0 aromatic rings. The molecule has 1 unspecified atom stereocenters. The Hall–Kier alpha value is -1.06. The van der Waals surface area contributed by atoms with Crippen molar-refractivity contribution >= 4 is 11.9 Å². The third kappa shape index (κ3) is 4.22. The Bertz CT molecular complexity index is 321. The summed E-state index contributed by atoms with van der Waals surface area (Å²) in [5.74, 6) is -0.0982. The van der Waals surface area contributed by atoms with Crippen LogP contribution in [0.1, 0.15) is 57.8 Å². The zero-order valence-electron chi connectivity index (χ0n) is 11.6. The summed E-state index contributed by atoms with van der Waals surface area (Å²) in [4.78, 5) is 25.1. The standard InChI is InChI=1S/C15H25NO3/c17-14(18)10-12-8-9-16(11-12)15(19)13-6-4-2-1-3-5-7-13/h12-13H,1-11H2,(H,17,18). The van der Waals surface area contributed by atoms with Crippen molar-refractivity contribution in [2.75, 3.05) is 13.1 Å². The highest BCUT2D eigenvalue weighted by atomic mass is 16.4. The molecule has 0 spiro atoms. The Balaban J connectivity index is 1.83. The number of hydrogen-bond acceptors (Lipinski definition) is 2. The number of nitrogens with zero attached hydrogens (tertiary/aromatic N) is 1. The number of carbonyl (C=O) groups is 2. The van der Waals surface area contributed by atoms with Crippen LogP contribution in [0, 0.1) is 11.8 Å². The van der Waals surface area contributed by atoms with Gasteiger partial charge < -0.3 is 10.0 Å². The van der Waals surface area contributed by atoms with Crippen LogP contribution in [0.5, 0.6) is 0 Å². The predicted molar refractivity (Wildman–Crippen MR) is 72.7 cm³/mol. The van der Waals surface area contributed by atoms with Crippen LogP contribution in [0.15, 0.2) is 0 Å². The summed E-state index contributed by atoms with van der Waals surface area (Å²) in [7, 11) is 0. The second-order valence-corrected chi connectivity index (χ2v) is 6.08. The molecule has 2 aliphatic rings. The lowest BCUT2D eigenvalue weighted by Crippen LogP contribution is -2.35. The Kier molecular flexibility index (Phi) is 5.23. The molecule has 1 heterocycles. The molecule has 1 N–H and O–H groups in total. The summed E-state index contributed by atoms with van der Waals surface area (Å²) >= 11 is 0. The molecule has 108 valence electrons. The first kappa shape index (κ1) is 14.4. The fraction of sp³-hybridized carbons (Fsp3) is 0.867. The first-order valence-electron chi connectivity index (χ1n) is 7.67. The number of carbonyl (C=O) groups excluding carboxylic acids is 1. The molecule has 1 saturated heterocycles. The lowest BCUT2D eigenvalue weighted by Gasteiger charge is -2.25.